The van der Waals surface area contributed by atoms with E-state index in [2.05, 4.69) is 15.9 Å². The normalized spacial score (nSPS) is 17.6. The number of phenolic OH excluding ortho intramolecular Hbond substituents is 1. The van der Waals surface area contributed by atoms with Crippen molar-refractivity contribution in [1.29, 1.82) is 0 Å². The van der Waals surface area contributed by atoms with Gasteiger partial charge in [0, 0.05) is 4.47 Å². The van der Waals surface area contributed by atoms with Crippen LogP contribution in [0.1, 0.15) is 36.0 Å². The second-order valence-corrected chi connectivity index (χ2v) is 5.62. The van der Waals surface area contributed by atoms with Gasteiger partial charge in [-0.05, 0) is 49.4 Å². The topological polar surface area (TPSA) is 57.5 Å². The standard InChI is InChI=1S/C13H15BrO3/c1-7-6-9(14)10(8(2)11(7)15)13(12(16)17)4-3-5-13/h6,15H,3-5H2,1-2H3,(H,16,17). The predicted octanol–water partition coefficient (Wildman–Crippen LogP) is 3.28. The number of carbonyl (C=O) groups is 1. The third-order valence-corrected chi connectivity index (χ3v) is 4.41. The van der Waals surface area contributed by atoms with Gasteiger partial charge >= 0.3 is 5.97 Å². The van der Waals surface area contributed by atoms with Gasteiger partial charge in [-0.1, -0.05) is 22.4 Å². The lowest BCUT2D eigenvalue weighted by Gasteiger charge is -2.40. The zero-order valence-electron chi connectivity index (χ0n) is 9.88. The summed E-state index contributed by atoms with van der Waals surface area (Å²) in [6.07, 6.45) is 2.21. The number of halogens is 1. The van der Waals surface area contributed by atoms with Crippen LogP contribution in [0, 0.1) is 13.8 Å². The van der Waals surface area contributed by atoms with E-state index in [-0.39, 0.29) is 5.75 Å². The molecule has 0 spiro atoms. The third-order valence-electron chi connectivity index (χ3n) is 3.78. The molecule has 17 heavy (non-hydrogen) atoms. The van der Waals surface area contributed by atoms with Crippen molar-refractivity contribution in [3.05, 3.63) is 27.2 Å². The summed E-state index contributed by atoms with van der Waals surface area (Å²) in [5.74, 6) is -0.591. The van der Waals surface area contributed by atoms with Crippen LogP contribution in [0.25, 0.3) is 0 Å². The predicted molar refractivity (Wildman–Crippen MR) is 68.4 cm³/mol. The Kier molecular flexibility index (Phi) is 2.94. The lowest BCUT2D eigenvalue weighted by atomic mass is 9.63. The van der Waals surface area contributed by atoms with E-state index in [4.69, 9.17) is 0 Å². The molecule has 4 heteroatoms. The average molecular weight is 299 g/mol. The number of aromatic hydroxyl groups is 1. The zero-order valence-corrected chi connectivity index (χ0v) is 11.5. The molecule has 0 atom stereocenters. The van der Waals surface area contributed by atoms with Gasteiger partial charge < -0.3 is 10.2 Å². The molecule has 1 fully saturated rings. The molecule has 0 aliphatic heterocycles. The maximum Gasteiger partial charge on any atom is 0.314 e. The Bertz CT molecular complexity index is 490. The summed E-state index contributed by atoms with van der Waals surface area (Å²) in [7, 11) is 0. The fourth-order valence-corrected chi connectivity index (χ4v) is 3.63. The Balaban J connectivity index is 2.67. The highest BCUT2D eigenvalue weighted by Gasteiger charge is 2.48. The molecular formula is C13H15BrO3. The molecule has 0 amide bonds. The third kappa shape index (κ3) is 1.66. The molecular weight excluding hydrogens is 284 g/mol. The first-order chi connectivity index (χ1) is 7.90. The molecule has 1 aromatic carbocycles. The van der Waals surface area contributed by atoms with Crippen molar-refractivity contribution in [2.24, 2.45) is 0 Å². The number of hydrogen-bond acceptors (Lipinski definition) is 2. The van der Waals surface area contributed by atoms with E-state index in [1.807, 2.05) is 6.92 Å². The summed E-state index contributed by atoms with van der Waals surface area (Å²) < 4.78 is 0.785. The van der Waals surface area contributed by atoms with Crippen molar-refractivity contribution in [2.45, 2.75) is 38.5 Å². The van der Waals surface area contributed by atoms with E-state index >= 15 is 0 Å². The molecule has 1 saturated carbocycles. The van der Waals surface area contributed by atoms with Gasteiger partial charge in [-0.25, -0.2) is 0 Å². The average Bonchev–Trinajstić information content (AvgIpc) is 2.17. The number of carboxylic acids is 1. The first-order valence-corrected chi connectivity index (χ1v) is 6.42. The highest BCUT2D eigenvalue weighted by Crippen LogP contribution is 2.49. The molecule has 0 saturated heterocycles. The number of phenols is 1. The molecule has 0 unspecified atom stereocenters. The lowest BCUT2D eigenvalue weighted by Crippen LogP contribution is -2.43. The molecule has 0 heterocycles. The summed E-state index contributed by atoms with van der Waals surface area (Å²) >= 11 is 3.44. The van der Waals surface area contributed by atoms with Crippen LogP contribution in [0.15, 0.2) is 10.5 Å². The summed E-state index contributed by atoms with van der Waals surface area (Å²) in [4.78, 5) is 11.5. The van der Waals surface area contributed by atoms with E-state index in [1.165, 1.54) is 0 Å². The summed E-state index contributed by atoms with van der Waals surface area (Å²) in [6, 6.07) is 1.79. The van der Waals surface area contributed by atoms with Crippen molar-refractivity contribution >= 4 is 21.9 Å². The minimum atomic E-state index is -0.811. The van der Waals surface area contributed by atoms with Gasteiger partial charge in [0.15, 0.2) is 0 Å². The van der Waals surface area contributed by atoms with Crippen molar-refractivity contribution in [3.8, 4) is 5.75 Å². The SMILES string of the molecule is Cc1cc(Br)c(C2(C(=O)O)CCC2)c(C)c1O. The molecule has 1 aliphatic carbocycles. The van der Waals surface area contributed by atoms with Gasteiger partial charge in [0.2, 0.25) is 0 Å². The van der Waals surface area contributed by atoms with Crippen LogP contribution in [-0.2, 0) is 10.2 Å². The molecule has 0 bridgehead atoms. The van der Waals surface area contributed by atoms with E-state index in [0.29, 0.717) is 18.4 Å². The number of aliphatic carboxylic acids is 1. The molecule has 0 aromatic heterocycles. The van der Waals surface area contributed by atoms with Crippen LogP contribution < -0.4 is 0 Å². The van der Waals surface area contributed by atoms with Crippen molar-refractivity contribution < 1.29 is 15.0 Å². The van der Waals surface area contributed by atoms with E-state index in [9.17, 15) is 15.0 Å². The number of hydrogen-bond donors (Lipinski definition) is 2. The van der Waals surface area contributed by atoms with E-state index in [0.717, 1.165) is 22.0 Å². The maximum absolute atomic E-state index is 11.5. The Labute approximate surface area is 109 Å². The highest BCUT2D eigenvalue weighted by atomic mass is 79.9. The minimum Gasteiger partial charge on any atom is -0.507 e. The molecule has 2 N–H and O–H groups in total. The fraction of sp³-hybridized carbons (Fsp3) is 0.462. The number of benzene rings is 1. The zero-order chi connectivity index (χ0) is 12.8. The number of aryl methyl sites for hydroxylation is 1. The van der Waals surface area contributed by atoms with Gasteiger partial charge in [0.1, 0.15) is 5.75 Å². The van der Waals surface area contributed by atoms with Crippen LogP contribution >= 0.6 is 15.9 Å². The molecule has 1 aromatic rings. The molecule has 3 nitrogen and oxygen atoms in total. The van der Waals surface area contributed by atoms with E-state index in [1.54, 1.807) is 13.0 Å². The van der Waals surface area contributed by atoms with Crippen LogP contribution in [0.2, 0.25) is 0 Å². The molecule has 92 valence electrons. The molecule has 1 aliphatic rings. The summed E-state index contributed by atoms with van der Waals surface area (Å²) in [6.45, 7) is 3.59. The van der Waals surface area contributed by atoms with Crippen LogP contribution in [0.5, 0.6) is 5.75 Å². The van der Waals surface area contributed by atoms with Crippen molar-refractivity contribution in [2.75, 3.05) is 0 Å². The first-order valence-electron chi connectivity index (χ1n) is 5.62. The first kappa shape index (κ1) is 12.4. The second kappa shape index (κ2) is 4.02. The van der Waals surface area contributed by atoms with Gasteiger partial charge in [-0.15, -0.1) is 0 Å². The Morgan fingerprint density at radius 1 is 1.41 bits per heavy atom. The van der Waals surface area contributed by atoms with Gasteiger partial charge in [-0.3, -0.25) is 4.79 Å². The number of carboxylic acid groups (broad SMARTS) is 1. The number of rotatable bonds is 2. The Morgan fingerprint density at radius 3 is 2.41 bits per heavy atom. The van der Waals surface area contributed by atoms with Crippen LogP contribution in [-0.4, -0.2) is 16.2 Å². The van der Waals surface area contributed by atoms with Gasteiger partial charge in [0.25, 0.3) is 0 Å². The lowest BCUT2D eigenvalue weighted by molar-refractivity contribution is -0.147. The monoisotopic (exact) mass is 298 g/mol. The van der Waals surface area contributed by atoms with Crippen LogP contribution in [0.4, 0.5) is 0 Å². The van der Waals surface area contributed by atoms with Crippen molar-refractivity contribution in [1.82, 2.24) is 0 Å². The smallest absolute Gasteiger partial charge is 0.314 e. The fourth-order valence-electron chi connectivity index (χ4n) is 2.61. The maximum atomic E-state index is 11.5. The molecule has 0 radical (unpaired) electrons. The Morgan fingerprint density at radius 2 is 2.00 bits per heavy atom. The summed E-state index contributed by atoms with van der Waals surface area (Å²) in [5, 5.41) is 19.4. The minimum absolute atomic E-state index is 0.204. The van der Waals surface area contributed by atoms with Gasteiger partial charge in [-0.2, -0.15) is 0 Å². The van der Waals surface area contributed by atoms with Crippen LogP contribution in [0.3, 0.4) is 0 Å². The quantitative estimate of drug-likeness (QED) is 0.881. The second-order valence-electron chi connectivity index (χ2n) is 4.76. The Hall–Kier alpha value is -1.03. The largest absolute Gasteiger partial charge is 0.507 e. The van der Waals surface area contributed by atoms with E-state index < -0.39 is 11.4 Å². The highest BCUT2D eigenvalue weighted by molar-refractivity contribution is 9.10. The van der Waals surface area contributed by atoms with Crippen molar-refractivity contribution in [3.63, 3.8) is 0 Å². The molecule has 2 rings (SSSR count). The summed E-state index contributed by atoms with van der Waals surface area (Å²) in [5.41, 5.74) is 1.37. The van der Waals surface area contributed by atoms with Gasteiger partial charge in [0.05, 0.1) is 5.41 Å².